The van der Waals surface area contributed by atoms with Crippen molar-refractivity contribution in [2.24, 2.45) is 10.2 Å². The number of rotatable bonds is 8. The van der Waals surface area contributed by atoms with Crippen LogP contribution in [0.4, 0.5) is 11.4 Å². The summed E-state index contributed by atoms with van der Waals surface area (Å²) >= 11 is 0. The van der Waals surface area contributed by atoms with E-state index in [9.17, 15) is 30.7 Å². The van der Waals surface area contributed by atoms with Crippen molar-refractivity contribution in [3.63, 3.8) is 0 Å². The summed E-state index contributed by atoms with van der Waals surface area (Å²) in [5.41, 5.74) is 16.3. The minimum atomic E-state index is -4.96. The van der Waals surface area contributed by atoms with Gasteiger partial charge in [-0.1, -0.05) is 34.5 Å². The standard InChI is InChI=1S/C17H12N6O7S2.2Na/c18-22-20-13-5-1-11(16(9-13)31(25,26)27)3-7-15(24)8-4-12-2-6-14(21-23-19)10-17(12)32(28,29)30;;/h1-10H,(H,25,26,27)(H,28,29,30);;/q;2*+1/p-2/b7-3+,8-4+;;. The number of hydrogen-bond donors (Lipinski definition) is 0. The molecule has 0 aliphatic carbocycles. The van der Waals surface area contributed by atoms with E-state index in [-0.39, 0.29) is 81.6 Å². The second kappa shape index (κ2) is 13.8. The molecule has 2 aromatic carbocycles. The largest absolute Gasteiger partial charge is 1.00 e. The van der Waals surface area contributed by atoms with Gasteiger partial charge in [0.2, 0.25) is 0 Å². The van der Waals surface area contributed by atoms with Crippen LogP contribution in [0, 0.1) is 0 Å². The third-order valence-corrected chi connectivity index (χ3v) is 5.49. The molecule has 0 spiro atoms. The molecule has 164 valence electrons. The minimum Gasteiger partial charge on any atom is -0.744 e. The average Bonchev–Trinajstić information content (AvgIpc) is 2.71. The van der Waals surface area contributed by atoms with Crippen LogP contribution in [-0.4, -0.2) is 31.7 Å². The number of hydrogen-bond acceptors (Lipinski definition) is 9. The zero-order chi connectivity index (χ0) is 23.9. The summed E-state index contributed by atoms with van der Waals surface area (Å²) in [6.07, 6.45) is 3.83. The maximum atomic E-state index is 12.1. The summed E-state index contributed by atoms with van der Waals surface area (Å²) < 4.78 is 68.6. The van der Waals surface area contributed by atoms with Crippen LogP contribution in [0.1, 0.15) is 11.1 Å². The van der Waals surface area contributed by atoms with Gasteiger partial charge in [-0.3, -0.25) is 4.79 Å². The van der Waals surface area contributed by atoms with Crippen LogP contribution < -0.4 is 59.1 Å². The molecule has 0 aromatic heterocycles. The monoisotopic (exact) mass is 520 g/mol. The third kappa shape index (κ3) is 9.35. The molecule has 0 aliphatic heterocycles. The maximum absolute atomic E-state index is 12.1. The number of carbonyl (C=O) groups excluding carboxylic acids is 1. The molecule has 0 fully saturated rings. The predicted octanol–water partition coefficient (Wildman–Crippen LogP) is -2.32. The molecule has 0 heterocycles. The first-order valence-electron chi connectivity index (χ1n) is 8.16. The van der Waals surface area contributed by atoms with E-state index in [0.29, 0.717) is 0 Å². The van der Waals surface area contributed by atoms with Crippen molar-refractivity contribution in [1.29, 1.82) is 0 Å². The van der Waals surface area contributed by atoms with E-state index >= 15 is 0 Å². The molecule has 2 aromatic rings. The quantitative estimate of drug-likeness (QED) is 0.0920. The van der Waals surface area contributed by atoms with E-state index < -0.39 is 35.8 Å². The van der Waals surface area contributed by atoms with Crippen LogP contribution in [0.15, 0.2) is 68.6 Å². The minimum absolute atomic E-state index is 0. The van der Waals surface area contributed by atoms with E-state index in [2.05, 4.69) is 20.1 Å². The number of ketones is 1. The number of allylic oxidation sites excluding steroid dienone is 2. The van der Waals surface area contributed by atoms with Gasteiger partial charge >= 0.3 is 59.1 Å². The number of benzene rings is 2. The molecule has 0 radical (unpaired) electrons. The Hall–Kier alpha value is -1.97. The number of azide groups is 2. The van der Waals surface area contributed by atoms with Gasteiger partial charge in [0.05, 0.1) is 9.79 Å². The van der Waals surface area contributed by atoms with Crippen molar-refractivity contribution < 1.29 is 89.9 Å². The normalized spacial score (nSPS) is 11.1. The van der Waals surface area contributed by atoms with Crippen molar-refractivity contribution in [2.45, 2.75) is 9.79 Å². The van der Waals surface area contributed by atoms with Crippen molar-refractivity contribution in [3.8, 4) is 0 Å². The zero-order valence-electron chi connectivity index (χ0n) is 17.6. The van der Waals surface area contributed by atoms with Gasteiger partial charge in [-0.05, 0) is 58.6 Å². The van der Waals surface area contributed by atoms with Gasteiger partial charge in [0.1, 0.15) is 20.2 Å². The molecule has 0 bridgehead atoms. The fourth-order valence-electron chi connectivity index (χ4n) is 2.38. The van der Waals surface area contributed by atoms with Crippen LogP contribution in [0.2, 0.25) is 0 Å². The average molecular weight is 520 g/mol. The molecule has 2 rings (SSSR count). The summed E-state index contributed by atoms with van der Waals surface area (Å²) in [5.74, 6) is -0.744. The first-order chi connectivity index (χ1) is 15.0. The van der Waals surface area contributed by atoms with Crippen molar-refractivity contribution in [3.05, 3.63) is 80.6 Å². The third-order valence-electron chi connectivity index (χ3n) is 3.71. The number of nitrogens with zero attached hydrogens (tertiary/aromatic N) is 6. The summed E-state index contributed by atoms with van der Waals surface area (Å²) in [4.78, 5) is 15.6. The van der Waals surface area contributed by atoms with Crippen molar-refractivity contribution >= 4 is 49.5 Å². The molecule has 0 aliphatic rings. The van der Waals surface area contributed by atoms with E-state index in [4.69, 9.17) is 11.1 Å². The maximum Gasteiger partial charge on any atom is 1.00 e. The van der Waals surface area contributed by atoms with Gasteiger partial charge in [0.25, 0.3) is 0 Å². The predicted molar refractivity (Wildman–Crippen MR) is 109 cm³/mol. The summed E-state index contributed by atoms with van der Waals surface area (Å²) in [6, 6.07) is 6.45. The van der Waals surface area contributed by atoms with Gasteiger partial charge < -0.3 is 9.11 Å². The Balaban J connectivity index is 0.00000544. The van der Waals surface area contributed by atoms with Gasteiger partial charge in [0.15, 0.2) is 5.78 Å². The summed E-state index contributed by atoms with van der Waals surface area (Å²) in [5, 5.41) is 6.40. The van der Waals surface area contributed by atoms with E-state index in [1.54, 1.807) is 0 Å². The van der Waals surface area contributed by atoms with Crippen LogP contribution in [0.3, 0.4) is 0 Å². The van der Waals surface area contributed by atoms with Gasteiger partial charge in [-0.25, -0.2) is 16.8 Å². The van der Waals surface area contributed by atoms with Gasteiger partial charge in [-0.2, -0.15) is 0 Å². The Kier molecular flexibility index (Phi) is 13.0. The molecule has 0 N–H and O–H groups in total. The van der Waals surface area contributed by atoms with Crippen LogP contribution in [-0.2, 0) is 25.0 Å². The van der Waals surface area contributed by atoms with Crippen molar-refractivity contribution in [1.82, 2.24) is 0 Å². The summed E-state index contributed by atoms with van der Waals surface area (Å²) in [7, 11) is -9.92. The first kappa shape index (κ1) is 32.0. The van der Waals surface area contributed by atoms with Crippen LogP contribution in [0.25, 0.3) is 33.0 Å². The number of carbonyl (C=O) groups is 1. The molecule has 0 unspecified atom stereocenters. The SMILES string of the molecule is [N-]=[N+]=Nc1ccc(/C=C/C(=O)/C=C/c2ccc(N=[N+]=[N-])cc2S(=O)(=O)[O-])c(S(=O)(=O)[O-])c1.[Na+].[Na+]. The topological polar surface area (TPSA) is 229 Å². The molecule has 17 heteroatoms. The van der Waals surface area contributed by atoms with Crippen LogP contribution in [0.5, 0.6) is 0 Å². The van der Waals surface area contributed by atoms with Gasteiger partial charge in [-0.15, -0.1) is 0 Å². The Morgan fingerprint density at radius 3 is 1.41 bits per heavy atom. The van der Waals surface area contributed by atoms with Gasteiger partial charge in [0, 0.05) is 21.2 Å². The fraction of sp³-hybridized carbons (Fsp3) is 0. The molecule has 0 amide bonds. The zero-order valence-corrected chi connectivity index (χ0v) is 23.3. The van der Waals surface area contributed by atoms with Crippen LogP contribution >= 0.6 is 0 Å². The Bertz CT molecular complexity index is 1350. The van der Waals surface area contributed by atoms with Crippen molar-refractivity contribution in [2.75, 3.05) is 0 Å². The molecular formula is C17H10N6Na2O7S2. The molecule has 0 saturated carbocycles. The Morgan fingerprint density at radius 2 is 1.12 bits per heavy atom. The molecule has 34 heavy (non-hydrogen) atoms. The molecule has 0 saturated heterocycles. The smallest absolute Gasteiger partial charge is 0.744 e. The molecule has 0 atom stereocenters. The Morgan fingerprint density at radius 1 is 0.765 bits per heavy atom. The fourth-order valence-corrected chi connectivity index (χ4v) is 3.76. The molecular weight excluding hydrogens is 510 g/mol. The molecule has 13 nitrogen and oxygen atoms in total. The second-order valence-electron chi connectivity index (χ2n) is 5.80. The van der Waals surface area contributed by atoms with E-state index in [0.717, 1.165) is 48.6 Å². The summed E-state index contributed by atoms with van der Waals surface area (Å²) in [6.45, 7) is 0. The van der Waals surface area contributed by atoms with E-state index in [1.807, 2.05) is 0 Å². The second-order valence-corrected chi connectivity index (χ2v) is 8.50. The Labute approximate surface area is 237 Å². The first-order valence-corrected chi connectivity index (χ1v) is 11.0. The van der Waals surface area contributed by atoms with E-state index in [1.165, 1.54) is 12.1 Å².